The monoisotopic (exact) mass is 300 g/mol. The van der Waals surface area contributed by atoms with Crippen LogP contribution in [0, 0.1) is 0 Å². The lowest BCUT2D eigenvalue weighted by atomic mass is 10.2. The fourth-order valence-corrected chi connectivity index (χ4v) is 3.57. The third kappa shape index (κ3) is 4.28. The summed E-state index contributed by atoms with van der Waals surface area (Å²) in [6, 6.07) is 6.68. The van der Waals surface area contributed by atoms with Crippen LogP contribution in [0.25, 0.3) is 0 Å². The molecule has 6 heteroatoms. The van der Waals surface area contributed by atoms with Gasteiger partial charge in [0.2, 0.25) is 10.0 Å². The Kier molecular flexibility index (Phi) is 6.61. The number of aliphatic hydroxyl groups excluding tert-OH is 1. The van der Waals surface area contributed by atoms with Crippen LogP contribution in [0.3, 0.4) is 0 Å². The van der Waals surface area contributed by atoms with E-state index in [4.69, 9.17) is 5.11 Å². The molecule has 0 heterocycles. The maximum absolute atomic E-state index is 12.5. The molecule has 0 bridgehead atoms. The lowest BCUT2D eigenvalue weighted by molar-refractivity contribution is 0.236. The van der Waals surface area contributed by atoms with Gasteiger partial charge in [0.25, 0.3) is 0 Å². The lowest BCUT2D eigenvalue weighted by Crippen LogP contribution is -2.38. The average Bonchev–Trinajstić information content (AvgIpc) is 2.42. The molecule has 0 aliphatic carbocycles. The highest BCUT2D eigenvalue weighted by Crippen LogP contribution is 2.18. The highest BCUT2D eigenvalue weighted by molar-refractivity contribution is 7.89. The van der Waals surface area contributed by atoms with E-state index in [-0.39, 0.29) is 24.1 Å². The van der Waals surface area contributed by atoms with Gasteiger partial charge in [-0.25, -0.2) is 8.42 Å². The Balaban J connectivity index is 2.96. The van der Waals surface area contributed by atoms with E-state index in [1.807, 2.05) is 19.1 Å². The minimum Gasteiger partial charge on any atom is -0.395 e. The highest BCUT2D eigenvalue weighted by atomic mass is 32.2. The van der Waals surface area contributed by atoms with Crippen LogP contribution in [-0.2, 0) is 16.6 Å². The molecule has 0 aliphatic heterocycles. The molecule has 5 nitrogen and oxygen atoms in total. The predicted molar refractivity (Wildman–Crippen MR) is 79.9 cm³/mol. The molecule has 0 fully saturated rings. The van der Waals surface area contributed by atoms with Gasteiger partial charge in [0.15, 0.2) is 0 Å². The number of hydrogen-bond donors (Lipinski definition) is 2. The molecule has 1 rings (SSSR count). The van der Waals surface area contributed by atoms with Crippen molar-refractivity contribution < 1.29 is 13.5 Å². The summed E-state index contributed by atoms with van der Waals surface area (Å²) in [5.41, 5.74) is 1.05. The van der Waals surface area contributed by atoms with Crippen LogP contribution in [0.1, 0.15) is 26.3 Å². The third-order valence-corrected chi connectivity index (χ3v) is 5.09. The summed E-state index contributed by atoms with van der Waals surface area (Å²) in [5, 5.41) is 12.2. The Morgan fingerprint density at radius 3 is 2.30 bits per heavy atom. The molecule has 0 saturated carbocycles. The minimum atomic E-state index is -3.55. The third-order valence-electron chi connectivity index (χ3n) is 3.01. The first-order valence-electron chi connectivity index (χ1n) is 6.85. The number of rotatable bonds is 8. The van der Waals surface area contributed by atoms with Gasteiger partial charge in [-0.1, -0.05) is 19.1 Å². The molecule has 20 heavy (non-hydrogen) atoms. The van der Waals surface area contributed by atoms with Crippen LogP contribution in [-0.4, -0.2) is 43.6 Å². The smallest absolute Gasteiger partial charge is 0.243 e. The van der Waals surface area contributed by atoms with Crippen molar-refractivity contribution in [2.75, 3.05) is 19.7 Å². The zero-order valence-electron chi connectivity index (χ0n) is 12.3. The van der Waals surface area contributed by atoms with Gasteiger partial charge in [0.1, 0.15) is 0 Å². The summed E-state index contributed by atoms with van der Waals surface area (Å²) in [7, 11) is -3.55. The SMILES string of the molecule is CCNCc1ccc(S(=O)(=O)N(CCO)C(C)C)cc1. The van der Waals surface area contributed by atoms with Gasteiger partial charge in [-0.3, -0.25) is 0 Å². The number of benzene rings is 1. The van der Waals surface area contributed by atoms with Crippen molar-refractivity contribution >= 4 is 10.0 Å². The summed E-state index contributed by atoms with van der Waals surface area (Å²) in [6.45, 7) is 7.14. The Bertz CT molecular complexity index is 498. The lowest BCUT2D eigenvalue weighted by Gasteiger charge is -2.25. The van der Waals surface area contributed by atoms with E-state index in [2.05, 4.69) is 5.32 Å². The molecule has 0 aliphatic rings. The topological polar surface area (TPSA) is 69.6 Å². The Morgan fingerprint density at radius 2 is 1.85 bits per heavy atom. The molecule has 0 radical (unpaired) electrons. The van der Waals surface area contributed by atoms with Crippen LogP contribution >= 0.6 is 0 Å². The first kappa shape index (κ1) is 17.1. The van der Waals surface area contributed by atoms with Crippen molar-refractivity contribution in [1.29, 1.82) is 0 Å². The van der Waals surface area contributed by atoms with Gasteiger partial charge in [-0.15, -0.1) is 0 Å². The summed E-state index contributed by atoms with van der Waals surface area (Å²) >= 11 is 0. The second kappa shape index (κ2) is 7.73. The number of hydrogen-bond acceptors (Lipinski definition) is 4. The van der Waals surface area contributed by atoms with E-state index >= 15 is 0 Å². The number of aliphatic hydroxyl groups is 1. The van der Waals surface area contributed by atoms with Crippen molar-refractivity contribution in [3.05, 3.63) is 29.8 Å². The largest absolute Gasteiger partial charge is 0.395 e. The molecular weight excluding hydrogens is 276 g/mol. The zero-order chi connectivity index (χ0) is 15.2. The van der Waals surface area contributed by atoms with Gasteiger partial charge >= 0.3 is 0 Å². The van der Waals surface area contributed by atoms with Gasteiger partial charge < -0.3 is 10.4 Å². The van der Waals surface area contributed by atoms with E-state index in [1.165, 1.54) is 4.31 Å². The van der Waals surface area contributed by atoms with Crippen molar-refractivity contribution in [2.24, 2.45) is 0 Å². The molecule has 0 amide bonds. The van der Waals surface area contributed by atoms with E-state index in [1.54, 1.807) is 26.0 Å². The number of nitrogens with zero attached hydrogens (tertiary/aromatic N) is 1. The van der Waals surface area contributed by atoms with Crippen molar-refractivity contribution in [3.8, 4) is 0 Å². The summed E-state index contributed by atoms with van der Waals surface area (Å²) < 4.78 is 26.3. The van der Waals surface area contributed by atoms with Crippen LogP contribution in [0.15, 0.2) is 29.2 Å². The first-order valence-corrected chi connectivity index (χ1v) is 8.29. The predicted octanol–water partition coefficient (Wildman–Crippen LogP) is 1.19. The Morgan fingerprint density at radius 1 is 1.25 bits per heavy atom. The fraction of sp³-hybridized carbons (Fsp3) is 0.571. The number of sulfonamides is 1. The fourth-order valence-electron chi connectivity index (χ4n) is 1.94. The van der Waals surface area contributed by atoms with Crippen LogP contribution in [0.2, 0.25) is 0 Å². The maximum atomic E-state index is 12.5. The highest BCUT2D eigenvalue weighted by Gasteiger charge is 2.26. The minimum absolute atomic E-state index is 0.110. The molecule has 2 N–H and O–H groups in total. The van der Waals surface area contributed by atoms with Crippen molar-refractivity contribution in [1.82, 2.24) is 9.62 Å². The molecule has 1 aromatic rings. The van der Waals surface area contributed by atoms with Gasteiger partial charge in [0.05, 0.1) is 11.5 Å². The van der Waals surface area contributed by atoms with Gasteiger partial charge in [-0.05, 0) is 38.1 Å². The second-order valence-corrected chi connectivity index (χ2v) is 6.75. The molecule has 0 saturated heterocycles. The van der Waals surface area contributed by atoms with E-state index in [0.717, 1.165) is 18.7 Å². The van der Waals surface area contributed by atoms with Crippen LogP contribution in [0.4, 0.5) is 0 Å². The standard InChI is InChI=1S/C14H24N2O3S/c1-4-15-11-13-5-7-14(8-6-13)20(18,19)16(9-10-17)12(2)3/h5-8,12,15,17H,4,9-11H2,1-3H3. The molecule has 1 aromatic carbocycles. The average molecular weight is 300 g/mol. The normalized spacial score (nSPS) is 12.3. The molecule has 114 valence electrons. The van der Waals surface area contributed by atoms with Gasteiger partial charge in [0, 0.05) is 19.1 Å². The van der Waals surface area contributed by atoms with Crippen LogP contribution in [0.5, 0.6) is 0 Å². The molecular formula is C14H24N2O3S. The van der Waals surface area contributed by atoms with Gasteiger partial charge in [-0.2, -0.15) is 4.31 Å². The zero-order valence-corrected chi connectivity index (χ0v) is 13.2. The maximum Gasteiger partial charge on any atom is 0.243 e. The molecule has 0 aromatic heterocycles. The second-order valence-electron chi connectivity index (χ2n) is 4.86. The Labute approximate surface area is 121 Å². The van der Waals surface area contributed by atoms with E-state index < -0.39 is 10.0 Å². The molecule has 0 spiro atoms. The first-order chi connectivity index (χ1) is 9.43. The Hall–Kier alpha value is -0.950. The van der Waals surface area contributed by atoms with Crippen LogP contribution < -0.4 is 5.32 Å². The molecule has 0 atom stereocenters. The number of nitrogens with one attached hydrogen (secondary N) is 1. The van der Waals surface area contributed by atoms with E-state index in [0.29, 0.717) is 0 Å². The summed E-state index contributed by atoms with van der Waals surface area (Å²) in [6.07, 6.45) is 0. The molecule has 0 unspecified atom stereocenters. The quantitative estimate of drug-likeness (QED) is 0.756. The van der Waals surface area contributed by atoms with Crippen molar-refractivity contribution in [3.63, 3.8) is 0 Å². The van der Waals surface area contributed by atoms with E-state index in [9.17, 15) is 8.42 Å². The summed E-state index contributed by atoms with van der Waals surface area (Å²) in [4.78, 5) is 0.264. The summed E-state index contributed by atoms with van der Waals surface area (Å²) in [5.74, 6) is 0. The van der Waals surface area contributed by atoms with Crippen molar-refractivity contribution in [2.45, 2.75) is 38.3 Å².